The molecule has 1 saturated heterocycles. The van der Waals surface area contributed by atoms with Gasteiger partial charge in [0.1, 0.15) is 0 Å². The van der Waals surface area contributed by atoms with E-state index in [1.165, 1.54) is 0 Å². The highest BCUT2D eigenvalue weighted by molar-refractivity contribution is 5.77. The lowest BCUT2D eigenvalue weighted by atomic mass is 10.2. The first kappa shape index (κ1) is 11.2. The molecule has 0 unspecified atom stereocenters. The van der Waals surface area contributed by atoms with Crippen LogP contribution in [0.4, 0.5) is 17.6 Å². The molecular weight excluding hydrogens is 204 g/mol. The summed E-state index contributed by atoms with van der Waals surface area (Å²) in [6, 6.07) is 0. The summed E-state index contributed by atoms with van der Waals surface area (Å²) in [5.74, 6) is -9.02. The Labute approximate surface area is 77.8 Å². The van der Waals surface area contributed by atoms with Crippen molar-refractivity contribution in [1.82, 2.24) is 4.90 Å². The number of likely N-dealkylation sites (tertiary alicyclic amines) is 1. The molecule has 0 atom stereocenters. The van der Waals surface area contributed by atoms with Crippen LogP contribution in [0.2, 0.25) is 0 Å². The van der Waals surface area contributed by atoms with E-state index in [9.17, 15) is 22.4 Å². The number of rotatable bonds is 2. The maximum Gasteiger partial charge on any atom is 0.329 e. The summed E-state index contributed by atoms with van der Waals surface area (Å²) in [7, 11) is 0. The fourth-order valence-corrected chi connectivity index (χ4v) is 1.22. The minimum Gasteiger partial charge on any atom is -0.330 e. The van der Waals surface area contributed by atoms with Gasteiger partial charge >= 0.3 is 11.8 Å². The van der Waals surface area contributed by atoms with Crippen LogP contribution in [0.1, 0.15) is 6.42 Å². The van der Waals surface area contributed by atoms with Gasteiger partial charge in [0, 0.05) is 13.0 Å². The Bertz CT molecular complexity index is 228. The Morgan fingerprint density at radius 2 is 1.64 bits per heavy atom. The molecule has 14 heavy (non-hydrogen) atoms. The normalized spacial score (nSPS) is 23.9. The molecule has 3 nitrogen and oxygen atoms in total. The molecule has 1 fully saturated rings. The molecule has 0 bridgehead atoms. The van der Waals surface area contributed by atoms with E-state index in [0.29, 0.717) is 4.90 Å². The van der Waals surface area contributed by atoms with Gasteiger partial charge in [-0.05, 0) is 0 Å². The number of halogens is 4. The molecule has 1 aliphatic rings. The summed E-state index contributed by atoms with van der Waals surface area (Å²) >= 11 is 0. The number of carbonyl (C=O) groups excluding carboxylic acids is 1. The molecule has 0 aliphatic carbocycles. The molecule has 1 amide bonds. The van der Waals surface area contributed by atoms with Crippen molar-refractivity contribution in [1.29, 1.82) is 0 Å². The molecule has 0 aromatic carbocycles. The van der Waals surface area contributed by atoms with E-state index in [1.807, 2.05) is 0 Å². The van der Waals surface area contributed by atoms with Crippen LogP contribution in [0.3, 0.4) is 0 Å². The lowest BCUT2D eigenvalue weighted by Gasteiger charge is -2.14. The molecule has 0 aromatic heterocycles. The molecule has 7 heteroatoms. The first-order valence-corrected chi connectivity index (χ1v) is 4.04. The summed E-state index contributed by atoms with van der Waals surface area (Å²) in [6.45, 7) is -2.48. The Balaban J connectivity index is 2.68. The fourth-order valence-electron chi connectivity index (χ4n) is 1.22. The van der Waals surface area contributed by atoms with E-state index in [2.05, 4.69) is 0 Å². The van der Waals surface area contributed by atoms with Crippen molar-refractivity contribution in [3.63, 3.8) is 0 Å². The Hall–Kier alpha value is -0.850. The number of carbonyl (C=O) groups is 1. The standard InChI is InChI=1S/C7H10F4N2O/c8-6(9)3-13(4-7(6,10)11)5(14)1-2-12/h1-4,12H2. The zero-order chi connectivity index (χ0) is 11.0. The SMILES string of the molecule is NCCC(=O)N1CC(F)(F)C(F)(F)C1. The van der Waals surface area contributed by atoms with Crippen molar-refractivity contribution in [2.75, 3.05) is 19.6 Å². The monoisotopic (exact) mass is 214 g/mol. The van der Waals surface area contributed by atoms with Gasteiger partial charge in [0.25, 0.3) is 0 Å². The summed E-state index contributed by atoms with van der Waals surface area (Å²) < 4.78 is 50.4. The van der Waals surface area contributed by atoms with Crippen LogP contribution in [-0.4, -0.2) is 42.3 Å². The summed E-state index contributed by atoms with van der Waals surface area (Å²) in [4.78, 5) is 11.5. The minimum atomic E-state index is -4.13. The summed E-state index contributed by atoms with van der Waals surface area (Å²) in [5.41, 5.74) is 5.01. The van der Waals surface area contributed by atoms with Gasteiger partial charge in [0.05, 0.1) is 13.1 Å². The van der Waals surface area contributed by atoms with Gasteiger partial charge in [-0.15, -0.1) is 0 Å². The third-order valence-electron chi connectivity index (χ3n) is 2.02. The lowest BCUT2D eigenvalue weighted by molar-refractivity contribution is -0.172. The predicted octanol–water partition coefficient (Wildman–Crippen LogP) is 0.448. The van der Waals surface area contributed by atoms with Gasteiger partial charge in [0.15, 0.2) is 0 Å². The van der Waals surface area contributed by atoms with Crippen LogP contribution in [0.15, 0.2) is 0 Å². The molecule has 1 aliphatic heterocycles. The Morgan fingerprint density at radius 1 is 1.21 bits per heavy atom. The van der Waals surface area contributed by atoms with Crippen LogP contribution < -0.4 is 5.73 Å². The van der Waals surface area contributed by atoms with Gasteiger partial charge in [-0.3, -0.25) is 4.79 Å². The third kappa shape index (κ3) is 1.82. The van der Waals surface area contributed by atoms with E-state index in [-0.39, 0.29) is 13.0 Å². The molecule has 2 N–H and O–H groups in total. The van der Waals surface area contributed by atoms with Gasteiger partial charge in [-0.1, -0.05) is 0 Å². The fraction of sp³-hybridized carbons (Fsp3) is 0.857. The molecule has 1 heterocycles. The second kappa shape index (κ2) is 3.38. The van der Waals surface area contributed by atoms with Gasteiger partial charge in [-0.25, -0.2) is 0 Å². The molecule has 0 saturated carbocycles. The van der Waals surface area contributed by atoms with Crippen molar-refractivity contribution in [2.45, 2.75) is 18.3 Å². The zero-order valence-electron chi connectivity index (χ0n) is 7.27. The number of hydrogen-bond donors (Lipinski definition) is 1. The Kier molecular flexibility index (Phi) is 2.71. The molecule has 0 aromatic rings. The predicted molar refractivity (Wildman–Crippen MR) is 40.1 cm³/mol. The second-order valence-corrected chi connectivity index (χ2v) is 3.20. The van der Waals surface area contributed by atoms with E-state index < -0.39 is 30.8 Å². The highest BCUT2D eigenvalue weighted by Gasteiger charge is 2.63. The lowest BCUT2D eigenvalue weighted by Crippen LogP contribution is -2.38. The van der Waals surface area contributed by atoms with Crippen molar-refractivity contribution in [2.24, 2.45) is 5.73 Å². The van der Waals surface area contributed by atoms with Crippen LogP contribution in [-0.2, 0) is 4.79 Å². The van der Waals surface area contributed by atoms with Crippen LogP contribution in [0.5, 0.6) is 0 Å². The average molecular weight is 214 g/mol. The largest absolute Gasteiger partial charge is 0.330 e. The highest BCUT2D eigenvalue weighted by atomic mass is 19.3. The van der Waals surface area contributed by atoms with Gasteiger partial charge in [-0.2, -0.15) is 17.6 Å². The van der Waals surface area contributed by atoms with Gasteiger partial charge in [0.2, 0.25) is 5.91 Å². The van der Waals surface area contributed by atoms with Crippen molar-refractivity contribution in [3.8, 4) is 0 Å². The maximum absolute atomic E-state index is 12.6. The number of amides is 1. The van der Waals surface area contributed by atoms with Crippen molar-refractivity contribution >= 4 is 5.91 Å². The minimum absolute atomic E-state index is 0.0352. The third-order valence-corrected chi connectivity index (χ3v) is 2.02. The van der Waals surface area contributed by atoms with Crippen molar-refractivity contribution in [3.05, 3.63) is 0 Å². The highest BCUT2D eigenvalue weighted by Crippen LogP contribution is 2.40. The van der Waals surface area contributed by atoms with Crippen LogP contribution in [0, 0.1) is 0 Å². The van der Waals surface area contributed by atoms with E-state index in [1.54, 1.807) is 0 Å². The molecule has 0 radical (unpaired) electrons. The summed E-state index contributed by atoms with van der Waals surface area (Å²) in [6.07, 6.45) is -0.188. The average Bonchev–Trinajstić information content (AvgIpc) is 2.22. The quantitative estimate of drug-likeness (QED) is 0.678. The molecule has 82 valence electrons. The first-order chi connectivity index (χ1) is 6.30. The second-order valence-electron chi connectivity index (χ2n) is 3.20. The number of nitrogens with zero attached hydrogens (tertiary/aromatic N) is 1. The smallest absolute Gasteiger partial charge is 0.329 e. The molecular formula is C7H10F4N2O. The number of nitrogens with two attached hydrogens (primary N) is 1. The van der Waals surface area contributed by atoms with E-state index >= 15 is 0 Å². The van der Waals surface area contributed by atoms with Crippen molar-refractivity contribution < 1.29 is 22.4 Å². The van der Waals surface area contributed by atoms with E-state index in [0.717, 1.165) is 0 Å². The molecule has 0 spiro atoms. The first-order valence-electron chi connectivity index (χ1n) is 4.04. The number of alkyl halides is 4. The number of hydrogen-bond acceptors (Lipinski definition) is 2. The van der Waals surface area contributed by atoms with Crippen LogP contribution >= 0.6 is 0 Å². The topological polar surface area (TPSA) is 46.3 Å². The maximum atomic E-state index is 12.6. The van der Waals surface area contributed by atoms with E-state index in [4.69, 9.17) is 5.73 Å². The summed E-state index contributed by atoms with van der Waals surface area (Å²) in [5, 5.41) is 0. The zero-order valence-corrected chi connectivity index (χ0v) is 7.27. The van der Waals surface area contributed by atoms with Crippen LogP contribution in [0.25, 0.3) is 0 Å². The molecule has 1 rings (SSSR count). The van der Waals surface area contributed by atoms with Gasteiger partial charge < -0.3 is 10.6 Å². The Morgan fingerprint density at radius 3 is 2.00 bits per heavy atom.